The highest BCUT2D eigenvalue weighted by molar-refractivity contribution is 9.09. The Hall–Kier alpha value is 0.830. The van der Waals surface area contributed by atoms with Crippen LogP contribution in [0.4, 0.5) is 0 Å². The van der Waals surface area contributed by atoms with E-state index in [1.807, 2.05) is 0 Å². The smallest absolute Gasteiger partial charge is 0.0148 e. The highest BCUT2D eigenvalue weighted by atomic mass is 79.9. The molecule has 1 fully saturated rings. The van der Waals surface area contributed by atoms with E-state index in [-0.39, 0.29) is 0 Å². The Bertz CT molecular complexity index is 116. The van der Waals surface area contributed by atoms with Gasteiger partial charge in [0.2, 0.25) is 0 Å². The minimum atomic E-state index is 0.822. The molecular weight excluding hydrogens is 232 g/mol. The third-order valence-corrected chi connectivity index (χ3v) is 4.36. The van der Waals surface area contributed by atoms with Gasteiger partial charge >= 0.3 is 0 Å². The summed E-state index contributed by atoms with van der Waals surface area (Å²) in [4.78, 5) is 0.822. The van der Waals surface area contributed by atoms with E-state index in [9.17, 15) is 0 Å². The first-order valence-electron chi connectivity index (χ1n) is 5.04. The molecule has 0 spiro atoms. The second-order valence-electron chi connectivity index (χ2n) is 3.62. The maximum absolute atomic E-state index is 3.73. The van der Waals surface area contributed by atoms with Gasteiger partial charge < -0.3 is 0 Å². The van der Waals surface area contributed by atoms with Crippen LogP contribution in [0.3, 0.4) is 0 Å². The van der Waals surface area contributed by atoms with E-state index in [2.05, 4.69) is 34.6 Å². The van der Waals surface area contributed by atoms with Crippen molar-refractivity contribution in [3.05, 3.63) is 0 Å². The second kappa shape index (κ2) is 6.31. The van der Waals surface area contributed by atoms with Gasteiger partial charge in [-0.05, 0) is 36.7 Å². The first-order chi connectivity index (χ1) is 5.83. The van der Waals surface area contributed by atoms with E-state index >= 15 is 0 Å². The third kappa shape index (κ3) is 4.18. The molecule has 1 saturated carbocycles. The third-order valence-electron chi connectivity index (χ3n) is 2.59. The number of hydrogen-bond acceptors (Lipinski definition) is 1. The van der Waals surface area contributed by atoms with E-state index in [4.69, 9.17) is 0 Å². The zero-order chi connectivity index (χ0) is 8.81. The predicted octanol–water partition coefficient (Wildman–Crippen LogP) is 4.08. The summed E-state index contributed by atoms with van der Waals surface area (Å²) in [5.74, 6) is 3.67. The van der Waals surface area contributed by atoms with Crippen molar-refractivity contribution in [3.63, 3.8) is 0 Å². The quantitative estimate of drug-likeness (QED) is 0.536. The van der Waals surface area contributed by atoms with Gasteiger partial charge in [-0.3, -0.25) is 0 Å². The van der Waals surface area contributed by atoms with Crippen molar-refractivity contribution < 1.29 is 0 Å². The van der Waals surface area contributed by atoms with Crippen LogP contribution in [0.2, 0.25) is 0 Å². The van der Waals surface area contributed by atoms with E-state index in [1.165, 1.54) is 43.6 Å². The lowest BCUT2D eigenvalue weighted by molar-refractivity contribution is 0.362. The maximum Gasteiger partial charge on any atom is 0.0148 e. The van der Waals surface area contributed by atoms with Gasteiger partial charge in [-0.15, -0.1) is 0 Å². The summed E-state index contributed by atoms with van der Waals surface area (Å²) in [6.45, 7) is 2.25. The number of hydrogen-bond donors (Lipinski definition) is 0. The van der Waals surface area contributed by atoms with Crippen LogP contribution in [-0.2, 0) is 0 Å². The van der Waals surface area contributed by atoms with E-state index in [0.29, 0.717) is 0 Å². The average Bonchev–Trinajstić information content (AvgIpc) is 2.05. The van der Waals surface area contributed by atoms with Gasteiger partial charge in [0, 0.05) is 4.83 Å². The van der Waals surface area contributed by atoms with Crippen molar-refractivity contribution in [1.29, 1.82) is 0 Å². The highest BCUT2D eigenvalue weighted by Gasteiger charge is 2.18. The van der Waals surface area contributed by atoms with Crippen LogP contribution < -0.4 is 0 Å². The van der Waals surface area contributed by atoms with Crippen LogP contribution in [-0.4, -0.2) is 16.3 Å². The second-order valence-corrected chi connectivity index (χ2v) is 6.30. The number of thioether (sulfide) groups is 1. The Labute approximate surface area is 89.0 Å². The summed E-state index contributed by atoms with van der Waals surface area (Å²) in [6, 6.07) is 0. The van der Waals surface area contributed by atoms with Gasteiger partial charge in [0.1, 0.15) is 0 Å². The Morgan fingerprint density at radius 3 is 2.92 bits per heavy atom. The van der Waals surface area contributed by atoms with Gasteiger partial charge in [0.15, 0.2) is 0 Å². The van der Waals surface area contributed by atoms with Gasteiger partial charge in [-0.1, -0.05) is 35.7 Å². The normalized spacial score (nSPS) is 30.5. The Morgan fingerprint density at radius 1 is 1.42 bits per heavy atom. The van der Waals surface area contributed by atoms with Crippen LogP contribution in [0.5, 0.6) is 0 Å². The molecule has 0 amide bonds. The Balaban J connectivity index is 2.06. The molecule has 1 aliphatic rings. The molecule has 0 aliphatic heterocycles. The molecule has 0 saturated heterocycles. The number of halogens is 1. The molecule has 0 heterocycles. The molecule has 1 aliphatic carbocycles. The first kappa shape index (κ1) is 10.9. The molecule has 0 bridgehead atoms. The Kier molecular flexibility index (Phi) is 5.73. The average molecular weight is 251 g/mol. The SMILES string of the molecule is CCSCCC1CCCC(Br)C1. The minimum absolute atomic E-state index is 0.822. The fourth-order valence-corrected chi connectivity index (χ4v) is 3.52. The molecule has 0 aromatic heterocycles. The molecule has 0 N–H and O–H groups in total. The van der Waals surface area contributed by atoms with Gasteiger partial charge in [-0.25, -0.2) is 0 Å². The number of alkyl halides is 1. The zero-order valence-corrected chi connectivity index (χ0v) is 10.3. The first-order valence-corrected chi connectivity index (χ1v) is 7.11. The van der Waals surface area contributed by atoms with Gasteiger partial charge in [0.25, 0.3) is 0 Å². The molecule has 72 valence electrons. The summed E-state index contributed by atoms with van der Waals surface area (Å²) in [6.07, 6.45) is 7.19. The summed E-state index contributed by atoms with van der Waals surface area (Å²) in [5, 5.41) is 0. The standard InChI is InChI=1S/C10H19BrS/c1-2-12-7-6-9-4-3-5-10(11)8-9/h9-10H,2-8H2,1H3. The minimum Gasteiger partial charge on any atom is -0.162 e. The lowest BCUT2D eigenvalue weighted by Crippen LogP contribution is -2.15. The van der Waals surface area contributed by atoms with Crippen molar-refractivity contribution >= 4 is 27.7 Å². The van der Waals surface area contributed by atoms with Crippen LogP contribution >= 0.6 is 27.7 Å². The largest absolute Gasteiger partial charge is 0.162 e. The summed E-state index contributed by atoms with van der Waals surface area (Å²) in [5.41, 5.74) is 0. The molecule has 12 heavy (non-hydrogen) atoms. The molecule has 0 aromatic carbocycles. The Morgan fingerprint density at radius 2 is 2.25 bits per heavy atom. The fourth-order valence-electron chi connectivity index (χ4n) is 1.88. The molecule has 2 unspecified atom stereocenters. The summed E-state index contributed by atoms with van der Waals surface area (Å²) < 4.78 is 0. The molecule has 0 aromatic rings. The van der Waals surface area contributed by atoms with Crippen molar-refractivity contribution in [1.82, 2.24) is 0 Å². The van der Waals surface area contributed by atoms with Crippen molar-refractivity contribution in [2.75, 3.05) is 11.5 Å². The van der Waals surface area contributed by atoms with E-state index in [0.717, 1.165) is 10.7 Å². The van der Waals surface area contributed by atoms with Crippen molar-refractivity contribution in [2.24, 2.45) is 5.92 Å². The zero-order valence-electron chi connectivity index (χ0n) is 7.89. The van der Waals surface area contributed by atoms with Crippen LogP contribution in [0.15, 0.2) is 0 Å². The van der Waals surface area contributed by atoms with Crippen molar-refractivity contribution in [3.8, 4) is 0 Å². The molecular formula is C10H19BrS. The highest BCUT2D eigenvalue weighted by Crippen LogP contribution is 2.31. The monoisotopic (exact) mass is 250 g/mol. The van der Waals surface area contributed by atoms with Crippen molar-refractivity contribution in [2.45, 2.75) is 43.9 Å². The van der Waals surface area contributed by atoms with Crippen LogP contribution in [0.25, 0.3) is 0 Å². The molecule has 0 nitrogen and oxygen atoms in total. The van der Waals surface area contributed by atoms with Gasteiger partial charge in [0.05, 0.1) is 0 Å². The lowest BCUT2D eigenvalue weighted by atomic mass is 9.87. The predicted molar refractivity (Wildman–Crippen MR) is 62.3 cm³/mol. The van der Waals surface area contributed by atoms with Crippen LogP contribution in [0.1, 0.15) is 39.0 Å². The molecule has 0 radical (unpaired) electrons. The molecule has 1 rings (SSSR count). The molecule has 2 heteroatoms. The van der Waals surface area contributed by atoms with E-state index < -0.39 is 0 Å². The fraction of sp³-hybridized carbons (Fsp3) is 1.00. The maximum atomic E-state index is 3.73. The van der Waals surface area contributed by atoms with Crippen LogP contribution in [0, 0.1) is 5.92 Å². The van der Waals surface area contributed by atoms with Gasteiger partial charge in [-0.2, -0.15) is 11.8 Å². The lowest BCUT2D eigenvalue weighted by Gasteiger charge is -2.25. The molecule has 2 atom stereocenters. The summed E-state index contributed by atoms with van der Waals surface area (Å²) in [7, 11) is 0. The number of rotatable bonds is 4. The van der Waals surface area contributed by atoms with E-state index in [1.54, 1.807) is 0 Å². The summed E-state index contributed by atoms with van der Waals surface area (Å²) >= 11 is 5.82. The topological polar surface area (TPSA) is 0 Å².